The average Bonchev–Trinajstić information content (AvgIpc) is 3.39. The quantitative estimate of drug-likeness (QED) is 0.900. The molecule has 0 atom stereocenters. The Hall–Kier alpha value is -2.08. The zero-order chi connectivity index (χ0) is 14.2. The highest BCUT2D eigenvalue weighted by molar-refractivity contribution is 5.86. The van der Waals surface area contributed by atoms with Gasteiger partial charge in [-0.3, -0.25) is 0 Å². The molecular formula is C18H19N3. The molecule has 2 aromatic rings. The van der Waals surface area contributed by atoms with Crippen LogP contribution in [0.15, 0.2) is 30.3 Å². The highest BCUT2D eigenvalue weighted by Crippen LogP contribution is 2.49. The molecule has 0 radical (unpaired) electrons. The van der Waals surface area contributed by atoms with Crippen molar-refractivity contribution in [1.29, 1.82) is 5.26 Å². The number of nitrogens with one attached hydrogen (secondary N) is 1. The molecule has 0 saturated heterocycles. The van der Waals surface area contributed by atoms with Crippen LogP contribution in [0.4, 0.5) is 5.82 Å². The Bertz CT molecular complexity index is 696. The van der Waals surface area contributed by atoms with Crippen molar-refractivity contribution in [2.24, 2.45) is 17.8 Å². The zero-order valence-corrected chi connectivity index (χ0v) is 12.0. The summed E-state index contributed by atoms with van der Waals surface area (Å²) in [6.45, 7) is 1.01. The molecule has 1 heterocycles. The van der Waals surface area contributed by atoms with Crippen LogP contribution >= 0.6 is 0 Å². The normalized spacial score (nSPS) is 17.9. The Balaban J connectivity index is 1.57. The Morgan fingerprint density at radius 3 is 2.57 bits per heavy atom. The summed E-state index contributed by atoms with van der Waals surface area (Å²) in [6.07, 6.45) is 5.60. The summed E-state index contributed by atoms with van der Waals surface area (Å²) >= 11 is 0. The number of pyridine rings is 1. The number of rotatable bonds is 5. The van der Waals surface area contributed by atoms with E-state index >= 15 is 0 Å². The largest absolute Gasteiger partial charge is 0.370 e. The van der Waals surface area contributed by atoms with E-state index in [2.05, 4.69) is 16.4 Å². The van der Waals surface area contributed by atoms with Gasteiger partial charge in [0.1, 0.15) is 5.82 Å². The zero-order valence-electron chi connectivity index (χ0n) is 12.0. The molecule has 106 valence electrons. The standard InChI is InChI=1S/C18H19N3/c19-10-14-9-18(21-17-4-2-1-3-15(14)17)20-11-16(12-5-6-12)13-7-8-13/h1-4,9,12-13,16H,5-8,11H2,(H,20,21). The number of anilines is 1. The van der Waals surface area contributed by atoms with Gasteiger partial charge in [0.25, 0.3) is 0 Å². The van der Waals surface area contributed by atoms with Crippen molar-refractivity contribution in [3.8, 4) is 6.07 Å². The van der Waals surface area contributed by atoms with Gasteiger partial charge in [-0.05, 0) is 55.6 Å². The lowest BCUT2D eigenvalue weighted by Crippen LogP contribution is -2.18. The van der Waals surface area contributed by atoms with Crippen molar-refractivity contribution in [2.45, 2.75) is 25.7 Å². The molecule has 2 saturated carbocycles. The SMILES string of the molecule is N#Cc1cc(NCC(C2CC2)C2CC2)nc2ccccc12. The van der Waals surface area contributed by atoms with Gasteiger partial charge in [-0.2, -0.15) is 5.26 Å². The third-order valence-corrected chi connectivity index (χ3v) is 4.81. The van der Waals surface area contributed by atoms with Gasteiger partial charge in [-0.25, -0.2) is 4.98 Å². The van der Waals surface area contributed by atoms with E-state index in [4.69, 9.17) is 0 Å². The van der Waals surface area contributed by atoms with Crippen LogP contribution in [0.2, 0.25) is 0 Å². The maximum atomic E-state index is 9.33. The summed E-state index contributed by atoms with van der Waals surface area (Å²) in [6, 6.07) is 12.0. The van der Waals surface area contributed by atoms with Gasteiger partial charge in [0, 0.05) is 11.9 Å². The first-order valence-corrected chi connectivity index (χ1v) is 7.89. The smallest absolute Gasteiger partial charge is 0.127 e. The van der Waals surface area contributed by atoms with E-state index in [9.17, 15) is 5.26 Å². The number of nitriles is 1. The van der Waals surface area contributed by atoms with Gasteiger partial charge < -0.3 is 5.32 Å². The molecule has 1 aromatic carbocycles. The molecule has 0 unspecified atom stereocenters. The van der Waals surface area contributed by atoms with Crippen LogP contribution in [0, 0.1) is 29.1 Å². The van der Waals surface area contributed by atoms with Crippen molar-refractivity contribution in [1.82, 2.24) is 4.98 Å². The molecule has 2 aliphatic rings. The van der Waals surface area contributed by atoms with Crippen molar-refractivity contribution < 1.29 is 0 Å². The third-order valence-electron chi connectivity index (χ3n) is 4.81. The molecule has 3 heteroatoms. The summed E-state index contributed by atoms with van der Waals surface area (Å²) in [4.78, 5) is 4.65. The van der Waals surface area contributed by atoms with Crippen LogP contribution in [-0.2, 0) is 0 Å². The lowest BCUT2D eigenvalue weighted by molar-refractivity contribution is 0.428. The number of fused-ring (bicyclic) bond motifs is 1. The number of hydrogen-bond donors (Lipinski definition) is 1. The summed E-state index contributed by atoms with van der Waals surface area (Å²) in [5.74, 6) is 3.52. The number of nitrogens with zero attached hydrogens (tertiary/aromatic N) is 2. The van der Waals surface area contributed by atoms with Gasteiger partial charge in [-0.1, -0.05) is 18.2 Å². The fourth-order valence-electron chi connectivity index (χ4n) is 3.35. The van der Waals surface area contributed by atoms with Gasteiger partial charge in [0.2, 0.25) is 0 Å². The first-order valence-electron chi connectivity index (χ1n) is 7.89. The minimum absolute atomic E-state index is 0.706. The molecule has 21 heavy (non-hydrogen) atoms. The molecule has 2 fully saturated rings. The molecule has 3 nitrogen and oxygen atoms in total. The second kappa shape index (κ2) is 5.04. The lowest BCUT2D eigenvalue weighted by atomic mass is 9.98. The second-order valence-electron chi connectivity index (χ2n) is 6.40. The molecule has 0 aliphatic heterocycles. The van der Waals surface area contributed by atoms with Crippen LogP contribution in [0.25, 0.3) is 10.9 Å². The maximum absolute atomic E-state index is 9.33. The van der Waals surface area contributed by atoms with E-state index < -0.39 is 0 Å². The van der Waals surface area contributed by atoms with Gasteiger partial charge in [0.15, 0.2) is 0 Å². The van der Waals surface area contributed by atoms with Crippen LogP contribution in [0.5, 0.6) is 0 Å². The molecular weight excluding hydrogens is 258 g/mol. The molecule has 2 aliphatic carbocycles. The summed E-state index contributed by atoms with van der Waals surface area (Å²) in [5.41, 5.74) is 1.60. The molecule has 1 aromatic heterocycles. The highest BCUT2D eigenvalue weighted by Gasteiger charge is 2.41. The van der Waals surface area contributed by atoms with E-state index in [0.717, 1.165) is 41.0 Å². The minimum atomic E-state index is 0.706. The van der Waals surface area contributed by atoms with E-state index in [-0.39, 0.29) is 0 Å². The predicted molar refractivity (Wildman–Crippen MR) is 83.9 cm³/mol. The van der Waals surface area contributed by atoms with Crippen LogP contribution < -0.4 is 5.32 Å². The van der Waals surface area contributed by atoms with E-state index in [1.54, 1.807) is 0 Å². The average molecular weight is 277 g/mol. The summed E-state index contributed by atoms with van der Waals surface area (Å²) in [7, 11) is 0. The van der Waals surface area contributed by atoms with Crippen molar-refractivity contribution in [3.05, 3.63) is 35.9 Å². The Morgan fingerprint density at radius 2 is 1.90 bits per heavy atom. The fraction of sp³-hybridized carbons (Fsp3) is 0.444. The van der Waals surface area contributed by atoms with Gasteiger partial charge in [-0.15, -0.1) is 0 Å². The fourth-order valence-corrected chi connectivity index (χ4v) is 3.35. The highest BCUT2D eigenvalue weighted by atomic mass is 15.0. The molecule has 0 spiro atoms. The van der Waals surface area contributed by atoms with Crippen molar-refractivity contribution >= 4 is 16.7 Å². The van der Waals surface area contributed by atoms with Crippen LogP contribution in [-0.4, -0.2) is 11.5 Å². The van der Waals surface area contributed by atoms with Crippen LogP contribution in [0.1, 0.15) is 31.2 Å². The number of hydrogen-bond acceptors (Lipinski definition) is 3. The van der Waals surface area contributed by atoms with Crippen LogP contribution in [0.3, 0.4) is 0 Å². The first kappa shape index (κ1) is 12.6. The Morgan fingerprint density at radius 1 is 1.19 bits per heavy atom. The monoisotopic (exact) mass is 277 g/mol. The Labute approximate surface area is 125 Å². The van der Waals surface area contributed by atoms with Gasteiger partial charge in [0.05, 0.1) is 17.1 Å². The molecule has 1 N–H and O–H groups in total. The van der Waals surface area contributed by atoms with E-state index in [1.165, 1.54) is 25.7 Å². The van der Waals surface area contributed by atoms with E-state index in [1.807, 2.05) is 30.3 Å². The summed E-state index contributed by atoms with van der Waals surface area (Å²) in [5, 5.41) is 13.8. The third kappa shape index (κ3) is 2.58. The van der Waals surface area contributed by atoms with Crippen molar-refractivity contribution in [3.63, 3.8) is 0 Å². The van der Waals surface area contributed by atoms with E-state index in [0.29, 0.717) is 5.56 Å². The topological polar surface area (TPSA) is 48.7 Å². The number of para-hydroxylation sites is 1. The number of aromatic nitrogens is 1. The minimum Gasteiger partial charge on any atom is -0.370 e. The van der Waals surface area contributed by atoms with Crippen molar-refractivity contribution in [2.75, 3.05) is 11.9 Å². The predicted octanol–water partition coefficient (Wildman–Crippen LogP) is 3.95. The van der Waals surface area contributed by atoms with Gasteiger partial charge >= 0.3 is 0 Å². The Kier molecular flexibility index (Phi) is 3.03. The molecule has 0 bridgehead atoms. The number of benzene rings is 1. The molecule has 0 amide bonds. The lowest BCUT2D eigenvalue weighted by Gasteiger charge is -2.17. The molecule has 4 rings (SSSR count). The maximum Gasteiger partial charge on any atom is 0.127 e. The second-order valence-corrected chi connectivity index (χ2v) is 6.40. The first-order chi connectivity index (χ1) is 10.3. The summed E-state index contributed by atoms with van der Waals surface area (Å²) < 4.78 is 0.